The third kappa shape index (κ3) is 2.53. The van der Waals surface area contributed by atoms with Crippen molar-refractivity contribution in [3.8, 4) is 0 Å². The first kappa shape index (κ1) is 14.4. The van der Waals surface area contributed by atoms with Gasteiger partial charge in [-0.15, -0.1) is 5.10 Å². The highest BCUT2D eigenvalue weighted by Gasteiger charge is 2.20. The van der Waals surface area contributed by atoms with Crippen LogP contribution in [-0.4, -0.2) is 19.6 Å². The van der Waals surface area contributed by atoms with Gasteiger partial charge in [0.05, 0.1) is 10.7 Å². The van der Waals surface area contributed by atoms with Crippen LogP contribution in [0.3, 0.4) is 0 Å². The van der Waals surface area contributed by atoms with E-state index >= 15 is 0 Å². The minimum atomic E-state index is -0.435. The molecule has 118 valence electrons. The Labute approximate surface area is 137 Å². The summed E-state index contributed by atoms with van der Waals surface area (Å²) < 4.78 is 15.1. The van der Waals surface area contributed by atoms with Gasteiger partial charge in [-0.1, -0.05) is 11.6 Å². The van der Waals surface area contributed by atoms with Gasteiger partial charge in [0.15, 0.2) is 0 Å². The van der Waals surface area contributed by atoms with Crippen molar-refractivity contribution in [2.45, 2.75) is 32.6 Å². The van der Waals surface area contributed by atoms with Gasteiger partial charge in [-0.2, -0.15) is 9.50 Å². The molecule has 1 aliphatic carbocycles. The highest BCUT2D eigenvalue weighted by molar-refractivity contribution is 6.31. The van der Waals surface area contributed by atoms with Crippen LogP contribution >= 0.6 is 11.6 Å². The Hall–Kier alpha value is -2.21. The first-order valence-corrected chi connectivity index (χ1v) is 7.97. The number of benzene rings is 1. The second kappa shape index (κ2) is 5.45. The zero-order chi connectivity index (χ0) is 16.0. The predicted molar refractivity (Wildman–Crippen MR) is 86.9 cm³/mol. The lowest BCUT2D eigenvalue weighted by atomic mass is 9.96. The fraction of sp³-hybridized carbons (Fsp3) is 0.312. The smallest absolute Gasteiger partial charge is 0.254 e. The number of anilines is 2. The summed E-state index contributed by atoms with van der Waals surface area (Å²) in [4.78, 5) is 9.00. The molecule has 1 aromatic carbocycles. The fourth-order valence-corrected chi connectivity index (χ4v) is 3.16. The number of halogens is 2. The Morgan fingerprint density at radius 3 is 2.87 bits per heavy atom. The van der Waals surface area contributed by atoms with Crippen LogP contribution in [0.5, 0.6) is 0 Å². The average Bonchev–Trinajstić information content (AvgIpc) is 2.91. The van der Waals surface area contributed by atoms with E-state index in [4.69, 9.17) is 11.6 Å². The number of fused-ring (bicyclic) bond motifs is 2. The summed E-state index contributed by atoms with van der Waals surface area (Å²) >= 11 is 5.88. The third-order valence-corrected chi connectivity index (χ3v) is 4.34. The number of nitrogens with one attached hydrogen (secondary N) is 1. The Balaban J connectivity index is 1.88. The molecule has 0 bridgehead atoms. The number of aryl methyl sites for hydroxylation is 2. The van der Waals surface area contributed by atoms with Crippen molar-refractivity contribution >= 4 is 28.9 Å². The molecule has 0 saturated heterocycles. The number of aromatic nitrogens is 4. The van der Waals surface area contributed by atoms with Crippen LogP contribution in [0, 0.1) is 12.7 Å². The SMILES string of the molecule is Cc1nc2nc3c(c(Nc4ccc(F)c(Cl)c4)n2n1)CCCC3. The zero-order valence-corrected chi connectivity index (χ0v) is 13.4. The molecule has 3 aromatic rings. The minimum absolute atomic E-state index is 0.0870. The van der Waals surface area contributed by atoms with E-state index in [1.54, 1.807) is 16.6 Å². The molecule has 7 heteroatoms. The van der Waals surface area contributed by atoms with Crippen LogP contribution < -0.4 is 5.32 Å². The summed E-state index contributed by atoms with van der Waals surface area (Å²) in [5.41, 5.74) is 2.92. The second-order valence-electron chi connectivity index (χ2n) is 5.72. The lowest BCUT2D eigenvalue weighted by molar-refractivity contribution is 0.628. The van der Waals surface area contributed by atoms with E-state index in [0.29, 0.717) is 17.3 Å². The van der Waals surface area contributed by atoms with Crippen molar-refractivity contribution in [3.63, 3.8) is 0 Å². The maximum absolute atomic E-state index is 13.4. The third-order valence-electron chi connectivity index (χ3n) is 4.05. The van der Waals surface area contributed by atoms with E-state index in [9.17, 15) is 4.39 Å². The molecule has 5 nitrogen and oxygen atoms in total. The Morgan fingerprint density at radius 2 is 2.04 bits per heavy atom. The predicted octanol–water partition coefficient (Wildman–Crippen LogP) is 3.85. The summed E-state index contributed by atoms with van der Waals surface area (Å²) in [5.74, 6) is 1.66. The largest absolute Gasteiger partial charge is 0.340 e. The molecule has 4 rings (SSSR count). The van der Waals surface area contributed by atoms with E-state index in [2.05, 4.69) is 20.4 Å². The van der Waals surface area contributed by atoms with E-state index in [-0.39, 0.29) is 5.02 Å². The summed E-state index contributed by atoms with van der Waals surface area (Å²) in [7, 11) is 0. The van der Waals surface area contributed by atoms with Crippen molar-refractivity contribution in [3.05, 3.63) is 46.1 Å². The van der Waals surface area contributed by atoms with Crippen molar-refractivity contribution in [1.29, 1.82) is 0 Å². The number of hydrogen-bond donors (Lipinski definition) is 1. The Kier molecular flexibility index (Phi) is 3.41. The van der Waals surface area contributed by atoms with Gasteiger partial charge in [0.1, 0.15) is 17.5 Å². The van der Waals surface area contributed by atoms with Gasteiger partial charge in [-0.25, -0.2) is 9.37 Å². The van der Waals surface area contributed by atoms with Crippen molar-refractivity contribution in [2.24, 2.45) is 0 Å². The Morgan fingerprint density at radius 1 is 1.22 bits per heavy atom. The second-order valence-corrected chi connectivity index (χ2v) is 6.12. The number of hydrogen-bond acceptors (Lipinski definition) is 4. The molecule has 23 heavy (non-hydrogen) atoms. The van der Waals surface area contributed by atoms with Crippen LogP contribution in [0.1, 0.15) is 29.9 Å². The van der Waals surface area contributed by atoms with E-state index < -0.39 is 5.82 Å². The van der Waals surface area contributed by atoms with Crippen LogP contribution in [0.25, 0.3) is 5.78 Å². The molecule has 0 atom stereocenters. The average molecular weight is 332 g/mol. The maximum atomic E-state index is 13.4. The van der Waals surface area contributed by atoms with E-state index in [0.717, 1.165) is 42.8 Å². The molecular weight excluding hydrogens is 317 g/mol. The Bertz CT molecular complexity index is 905. The normalized spacial score (nSPS) is 14.0. The molecule has 1 aliphatic rings. The fourth-order valence-electron chi connectivity index (χ4n) is 2.98. The van der Waals surface area contributed by atoms with Gasteiger partial charge >= 0.3 is 0 Å². The van der Waals surface area contributed by atoms with Gasteiger partial charge in [-0.3, -0.25) is 0 Å². The van der Waals surface area contributed by atoms with Gasteiger partial charge in [-0.05, 0) is 50.8 Å². The van der Waals surface area contributed by atoms with Crippen LogP contribution in [0.4, 0.5) is 15.9 Å². The molecule has 0 saturated carbocycles. The van der Waals surface area contributed by atoms with Crippen molar-refractivity contribution < 1.29 is 4.39 Å². The van der Waals surface area contributed by atoms with Crippen LogP contribution in [0.15, 0.2) is 18.2 Å². The monoisotopic (exact) mass is 331 g/mol. The van der Waals surface area contributed by atoms with Gasteiger partial charge in [0.2, 0.25) is 0 Å². The quantitative estimate of drug-likeness (QED) is 0.775. The molecule has 0 aliphatic heterocycles. The highest BCUT2D eigenvalue weighted by Crippen LogP contribution is 2.30. The van der Waals surface area contributed by atoms with Gasteiger partial charge in [0.25, 0.3) is 5.78 Å². The van der Waals surface area contributed by atoms with Crippen LogP contribution in [-0.2, 0) is 12.8 Å². The zero-order valence-electron chi connectivity index (χ0n) is 12.6. The topological polar surface area (TPSA) is 55.1 Å². The number of rotatable bonds is 2. The van der Waals surface area contributed by atoms with Gasteiger partial charge < -0.3 is 5.32 Å². The molecule has 2 aromatic heterocycles. The molecular formula is C16H15ClFN5. The van der Waals surface area contributed by atoms with Gasteiger partial charge in [0, 0.05) is 11.3 Å². The summed E-state index contributed by atoms with van der Waals surface area (Å²) in [6.07, 6.45) is 4.13. The summed E-state index contributed by atoms with van der Waals surface area (Å²) in [6, 6.07) is 4.58. The molecule has 0 unspecified atom stereocenters. The van der Waals surface area contributed by atoms with E-state index in [1.165, 1.54) is 6.07 Å². The standard InChI is InChI=1S/C16H15ClFN5/c1-9-19-16-21-14-5-3-2-4-11(14)15(23(16)22-9)20-10-6-7-13(18)12(17)8-10/h6-8,20H,2-5H2,1H3. The van der Waals surface area contributed by atoms with Crippen molar-refractivity contribution in [2.75, 3.05) is 5.32 Å². The summed E-state index contributed by atoms with van der Waals surface area (Å²) in [6.45, 7) is 1.84. The first-order chi connectivity index (χ1) is 11.1. The van der Waals surface area contributed by atoms with E-state index in [1.807, 2.05) is 6.92 Å². The molecule has 0 radical (unpaired) electrons. The maximum Gasteiger partial charge on any atom is 0.254 e. The summed E-state index contributed by atoms with van der Waals surface area (Å²) in [5, 5.41) is 7.84. The molecule has 0 amide bonds. The van der Waals surface area contributed by atoms with Crippen molar-refractivity contribution in [1.82, 2.24) is 19.6 Å². The molecule has 0 spiro atoms. The molecule has 0 fully saturated rings. The number of nitrogens with zero attached hydrogens (tertiary/aromatic N) is 4. The lowest BCUT2D eigenvalue weighted by Gasteiger charge is -2.20. The minimum Gasteiger partial charge on any atom is -0.340 e. The molecule has 1 N–H and O–H groups in total. The first-order valence-electron chi connectivity index (χ1n) is 7.59. The lowest BCUT2D eigenvalue weighted by Crippen LogP contribution is -2.13. The van der Waals surface area contributed by atoms with Crippen LogP contribution in [0.2, 0.25) is 5.02 Å². The molecule has 2 heterocycles. The highest BCUT2D eigenvalue weighted by atomic mass is 35.5.